The number of hydrogen-bond donors (Lipinski definition) is 2. The van der Waals surface area contributed by atoms with Gasteiger partial charge in [-0.25, -0.2) is 4.39 Å². The van der Waals surface area contributed by atoms with Gasteiger partial charge in [-0.15, -0.1) is 0 Å². The number of halogens is 1. The molecular weight excluding hydrogens is 295 g/mol. The Kier molecular flexibility index (Phi) is 2.75. The second-order valence-corrected chi connectivity index (χ2v) is 6.15. The van der Waals surface area contributed by atoms with E-state index >= 15 is 0 Å². The number of fused-ring (bicyclic) bond motifs is 1. The van der Waals surface area contributed by atoms with Crippen molar-refractivity contribution in [3.05, 3.63) is 65.4 Å². The lowest BCUT2D eigenvalue weighted by atomic mass is 9.94. The van der Waals surface area contributed by atoms with E-state index in [1.165, 1.54) is 12.1 Å². The Labute approximate surface area is 132 Å². The molecule has 0 atom stereocenters. The molecule has 0 fully saturated rings. The highest BCUT2D eigenvalue weighted by Gasteiger charge is 2.38. The number of anilines is 1. The normalized spacial score (nSPS) is 21.7. The van der Waals surface area contributed by atoms with Crippen molar-refractivity contribution in [2.24, 2.45) is 0 Å². The van der Waals surface area contributed by atoms with Gasteiger partial charge in [-0.1, -0.05) is 0 Å². The number of aromatic amines is 1. The van der Waals surface area contributed by atoms with Crippen LogP contribution in [-0.4, -0.2) is 16.5 Å². The Balaban J connectivity index is 1.88. The molecule has 5 heteroatoms. The van der Waals surface area contributed by atoms with Gasteiger partial charge in [0.2, 0.25) is 0 Å². The Morgan fingerprint density at radius 3 is 2.78 bits per heavy atom. The molecule has 2 aromatic rings. The minimum Gasteiger partial charge on any atom is -0.482 e. The highest BCUT2D eigenvalue weighted by Crippen LogP contribution is 2.44. The molecule has 3 heterocycles. The molecule has 4 nitrogen and oxygen atoms in total. The van der Waals surface area contributed by atoms with Crippen LogP contribution in [0.15, 0.2) is 48.5 Å². The summed E-state index contributed by atoms with van der Waals surface area (Å²) in [6, 6.07) is 6.22. The fourth-order valence-electron chi connectivity index (χ4n) is 3.10. The molecular formula is C18H15FN2O2. The predicted octanol–water partition coefficient (Wildman–Crippen LogP) is 3.71. The minimum atomic E-state index is -0.548. The van der Waals surface area contributed by atoms with Gasteiger partial charge in [-0.05, 0) is 49.8 Å². The Morgan fingerprint density at radius 1 is 1.22 bits per heavy atom. The van der Waals surface area contributed by atoms with Crippen LogP contribution in [0.1, 0.15) is 25.0 Å². The van der Waals surface area contributed by atoms with E-state index in [0.717, 1.165) is 11.1 Å². The Morgan fingerprint density at radius 2 is 2.04 bits per heavy atom. The molecule has 1 aromatic heterocycles. The van der Waals surface area contributed by atoms with Crippen molar-refractivity contribution in [3.8, 4) is 0 Å². The van der Waals surface area contributed by atoms with Gasteiger partial charge in [0.15, 0.2) is 0 Å². The molecule has 0 saturated heterocycles. The van der Waals surface area contributed by atoms with Gasteiger partial charge < -0.3 is 15.0 Å². The zero-order valence-corrected chi connectivity index (χ0v) is 12.7. The number of carbonyl (C=O) groups is 1. The third kappa shape index (κ3) is 2.08. The average Bonchev–Trinajstić information content (AvgIpc) is 3.15. The number of hydrogen-bond acceptors (Lipinski definition) is 2. The Bertz CT molecular complexity index is 876. The molecule has 23 heavy (non-hydrogen) atoms. The van der Waals surface area contributed by atoms with E-state index in [9.17, 15) is 9.18 Å². The van der Waals surface area contributed by atoms with Crippen molar-refractivity contribution >= 4 is 22.7 Å². The van der Waals surface area contributed by atoms with Gasteiger partial charge in [-0.2, -0.15) is 0 Å². The van der Waals surface area contributed by atoms with Crippen LogP contribution in [0.3, 0.4) is 0 Å². The van der Waals surface area contributed by atoms with Crippen LogP contribution >= 0.6 is 0 Å². The van der Waals surface area contributed by atoms with Gasteiger partial charge in [0.05, 0.1) is 11.3 Å². The van der Waals surface area contributed by atoms with Crippen LogP contribution in [0.2, 0.25) is 0 Å². The molecule has 2 N–H and O–H groups in total. The van der Waals surface area contributed by atoms with Gasteiger partial charge >= 0.3 is 0 Å². The van der Waals surface area contributed by atoms with Crippen LogP contribution < -0.4 is 5.32 Å². The SMILES string of the molecule is CC1(C)O/C(=C2/C(=O)Nc3cc(F)ccc32)C=C1c1cc[nH]c1. The standard InChI is InChI=1S/C18H15FN2O2/c1-18(2)13(10-5-6-20-9-10)8-15(23-18)16-12-4-3-11(19)7-14(12)21-17(16)22/h3-9,20H,1-2H3,(H,21,22)/b16-15+. The van der Waals surface area contributed by atoms with E-state index in [-0.39, 0.29) is 11.7 Å². The molecule has 0 spiro atoms. The van der Waals surface area contributed by atoms with Crippen molar-refractivity contribution in [2.45, 2.75) is 19.4 Å². The number of amides is 1. The van der Waals surface area contributed by atoms with Crippen molar-refractivity contribution in [1.82, 2.24) is 4.98 Å². The van der Waals surface area contributed by atoms with Crippen LogP contribution in [0.25, 0.3) is 11.1 Å². The molecule has 0 saturated carbocycles. The number of H-pyrrole nitrogens is 1. The summed E-state index contributed by atoms with van der Waals surface area (Å²) in [7, 11) is 0. The summed E-state index contributed by atoms with van der Waals surface area (Å²) in [6.07, 6.45) is 5.62. The smallest absolute Gasteiger partial charge is 0.260 e. The summed E-state index contributed by atoms with van der Waals surface area (Å²) in [5.41, 5.74) is 3.04. The van der Waals surface area contributed by atoms with E-state index in [1.54, 1.807) is 6.07 Å². The van der Waals surface area contributed by atoms with Gasteiger partial charge in [0.1, 0.15) is 17.2 Å². The summed E-state index contributed by atoms with van der Waals surface area (Å²) < 4.78 is 19.4. The maximum Gasteiger partial charge on any atom is 0.260 e. The van der Waals surface area contributed by atoms with Crippen LogP contribution in [0.4, 0.5) is 10.1 Å². The number of rotatable bonds is 1. The maximum atomic E-state index is 13.4. The summed E-state index contributed by atoms with van der Waals surface area (Å²) >= 11 is 0. The maximum absolute atomic E-state index is 13.4. The number of benzene rings is 1. The van der Waals surface area contributed by atoms with E-state index < -0.39 is 5.60 Å². The molecule has 2 aliphatic rings. The van der Waals surface area contributed by atoms with Gasteiger partial charge in [0, 0.05) is 23.5 Å². The monoisotopic (exact) mass is 310 g/mol. The lowest BCUT2D eigenvalue weighted by Crippen LogP contribution is -2.21. The molecule has 2 aliphatic heterocycles. The van der Waals surface area contributed by atoms with Crippen LogP contribution in [0.5, 0.6) is 0 Å². The topological polar surface area (TPSA) is 54.1 Å². The van der Waals surface area contributed by atoms with Crippen molar-refractivity contribution < 1.29 is 13.9 Å². The molecule has 0 unspecified atom stereocenters. The second kappa shape index (κ2) is 4.59. The summed E-state index contributed by atoms with van der Waals surface area (Å²) in [5.74, 6) is -0.149. The Hall–Kier alpha value is -2.82. The van der Waals surface area contributed by atoms with Crippen molar-refractivity contribution in [2.75, 3.05) is 5.32 Å². The fourth-order valence-corrected chi connectivity index (χ4v) is 3.10. The van der Waals surface area contributed by atoms with E-state index in [2.05, 4.69) is 10.3 Å². The van der Waals surface area contributed by atoms with E-state index in [1.807, 2.05) is 38.4 Å². The third-order valence-corrected chi connectivity index (χ3v) is 4.17. The van der Waals surface area contributed by atoms with E-state index in [4.69, 9.17) is 4.74 Å². The molecule has 0 aliphatic carbocycles. The average molecular weight is 310 g/mol. The second-order valence-electron chi connectivity index (χ2n) is 6.15. The first kappa shape index (κ1) is 13.8. The number of carbonyl (C=O) groups excluding carboxylic acids is 1. The lowest BCUT2D eigenvalue weighted by Gasteiger charge is -2.22. The van der Waals surface area contributed by atoms with E-state index in [0.29, 0.717) is 22.6 Å². The zero-order valence-electron chi connectivity index (χ0n) is 12.7. The fraction of sp³-hybridized carbons (Fsp3) is 0.167. The molecule has 116 valence electrons. The highest BCUT2D eigenvalue weighted by molar-refractivity contribution is 6.32. The molecule has 4 rings (SSSR count). The largest absolute Gasteiger partial charge is 0.482 e. The predicted molar refractivity (Wildman–Crippen MR) is 85.9 cm³/mol. The molecule has 0 bridgehead atoms. The lowest BCUT2D eigenvalue weighted by molar-refractivity contribution is -0.111. The van der Waals surface area contributed by atoms with Crippen LogP contribution in [0, 0.1) is 5.82 Å². The molecule has 0 radical (unpaired) electrons. The summed E-state index contributed by atoms with van der Waals surface area (Å²) in [5, 5.41) is 2.69. The molecule has 1 aromatic carbocycles. The van der Waals surface area contributed by atoms with Gasteiger partial charge in [0.25, 0.3) is 5.91 Å². The quantitative estimate of drug-likeness (QED) is 0.789. The summed E-state index contributed by atoms with van der Waals surface area (Å²) in [6.45, 7) is 3.91. The van der Waals surface area contributed by atoms with Crippen molar-refractivity contribution in [3.63, 3.8) is 0 Å². The number of ether oxygens (including phenoxy) is 1. The van der Waals surface area contributed by atoms with Crippen molar-refractivity contribution in [1.29, 1.82) is 0 Å². The number of allylic oxidation sites excluding steroid dienone is 1. The minimum absolute atomic E-state index is 0.275. The zero-order chi connectivity index (χ0) is 16.2. The van der Waals surface area contributed by atoms with Crippen LogP contribution in [-0.2, 0) is 9.53 Å². The highest BCUT2D eigenvalue weighted by atomic mass is 19.1. The van der Waals surface area contributed by atoms with Gasteiger partial charge in [-0.3, -0.25) is 4.79 Å². The first-order valence-corrected chi connectivity index (χ1v) is 7.35. The molecule has 1 amide bonds. The first-order valence-electron chi connectivity index (χ1n) is 7.35. The third-order valence-electron chi connectivity index (χ3n) is 4.17. The first-order chi connectivity index (χ1) is 11.0. The number of nitrogens with one attached hydrogen (secondary N) is 2. The number of aromatic nitrogens is 1. The summed E-state index contributed by atoms with van der Waals surface area (Å²) in [4.78, 5) is 15.4.